The molecule has 1 aliphatic rings. The number of hydrogen-bond acceptors (Lipinski definition) is 7. The zero-order valence-electron chi connectivity index (χ0n) is 20.1. The van der Waals surface area contributed by atoms with E-state index in [2.05, 4.69) is 16.3 Å². The number of ether oxygens (including phenoxy) is 1. The number of benzene rings is 3. The van der Waals surface area contributed by atoms with Gasteiger partial charge in [-0.25, -0.2) is 23.5 Å². The minimum Gasteiger partial charge on any atom is -0.495 e. The Morgan fingerprint density at radius 3 is 2.61 bits per heavy atom. The summed E-state index contributed by atoms with van der Waals surface area (Å²) >= 11 is 0. The highest BCUT2D eigenvalue weighted by Gasteiger charge is 2.25. The fourth-order valence-electron chi connectivity index (χ4n) is 4.66. The van der Waals surface area contributed by atoms with E-state index in [1.165, 1.54) is 7.11 Å². The van der Waals surface area contributed by atoms with Gasteiger partial charge in [-0.15, -0.1) is 0 Å². The molecule has 9 heteroatoms. The van der Waals surface area contributed by atoms with E-state index in [-0.39, 0.29) is 10.6 Å². The molecule has 0 amide bonds. The van der Waals surface area contributed by atoms with E-state index >= 15 is 0 Å². The highest BCUT2D eigenvalue weighted by molar-refractivity contribution is 7.89. The first-order valence-electron chi connectivity index (χ1n) is 11.9. The molecule has 0 aliphatic carbocycles. The number of rotatable bonds is 8. The Hall–Kier alpha value is -3.53. The van der Waals surface area contributed by atoms with Crippen LogP contribution in [0.5, 0.6) is 5.75 Å². The number of anilines is 1. The van der Waals surface area contributed by atoms with Gasteiger partial charge < -0.3 is 15.0 Å². The normalized spacial score (nSPS) is 15.9. The first-order chi connectivity index (χ1) is 17.4. The smallest absolute Gasteiger partial charge is 0.241 e. The molecule has 3 aromatic carbocycles. The predicted molar refractivity (Wildman–Crippen MR) is 142 cm³/mol. The first-order valence-corrected chi connectivity index (χ1v) is 13.5. The number of sulfonamides is 1. The third-order valence-corrected chi connectivity index (χ3v) is 7.42. The van der Waals surface area contributed by atoms with Crippen molar-refractivity contribution < 1.29 is 13.2 Å². The topological polar surface area (TPSA) is 110 Å². The van der Waals surface area contributed by atoms with Crippen LogP contribution in [-0.4, -0.2) is 51.2 Å². The summed E-state index contributed by atoms with van der Waals surface area (Å²) in [6.45, 7) is 2.44. The van der Waals surface area contributed by atoms with Crippen LogP contribution in [0.4, 0.5) is 5.82 Å². The van der Waals surface area contributed by atoms with Gasteiger partial charge in [-0.05, 0) is 49.2 Å². The van der Waals surface area contributed by atoms with Crippen molar-refractivity contribution in [1.82, 2.24) is 15.3 Å². The van der Waals surface area contributed by atoms with Gasteiger partial charge in [0.25, 0.3) is 0 Å². The Morgan fingerprint density at radius 2 is 1.83 bits per heavy atom. The number of para-hydroxylation sites is 1. The third-order valence-electron chi connectivity index (χ3n) is 6.48. The maximum absolute atomic E-state index is 11.9. The molecule has 0 radical (unpaired) electrons. The molecule has 1 fully saturated rings. The summed E-state index contributed by atoms with van der Waals surface area (Å²) in [5, 5.41) is 10.0. The highest BCUT2D eigenvalue weighted by atomic mass is 32.2. The Labute approximate surface area is 211 Å². The van der Waals surface area contributed by atoms with E-state index in [0.717, 1.165) is 53.2 Å². The van der Waals surface area contributed by atoms with E-state index in [4.69, 9.17) is 19.8 Å². The van der Waals surface area contributed by atoms with Gasteiger partial charge in [-0.3, -0.25) is 0 Å². The molecule has 1 atom stereocenters. The molecule has 4 aromatic rings. The van der Waals surface area contributed by atoms with Crippen LogP contribution in [-0.2, 0) is 16.4 Å². The molecule has 1 aliphatic heterocycles. The zero-order valence-corrected chi connectivity index (χ0v) is 20.9. The summed E-state index contributed by atoms with van der Waals surface area (Å²) in [6.07, 6.45) is 1.67. The lowest BCUT2D eigenvalue weighted by Gasteiger charge is -2.20. The van der Waals surface area contributed by atoms with Crippen LogP contribution in [0, 0.1) is 0 Å². The average Bonchev–Trinajstić information content (AvgIpc) is 3.36. The Bertz CT molecular complexity index is 1480. The van der Waals surface area contributed by atoms with Crippen molar-refractivity contribution in [2.24, 2.45) is 5.14 Å². The second-order valence-electron chi connectivity index (χ2n) is 8.92. The fraction of sp³-hybridized carbons (Fsp3) is 0.259. The highest BCUT2D eigenvalue weighted by Crippen LogP contribution is 2.30. The average molecular weight is 504 g/mol. The van der Waals surface area contributed by atoms with Crippen molar-refractivity contribution >= 4 is 26.7 Å². The third kappa shape index (κ3) is 5.18. The molecule has 186 valence electrons. The van der Waals surface area contributed by atoms with Gasteiger partial charge in [0.15, 0.2) is 5.82 Å². The van der Waals surface area contributed by atoms with Gasteiger partial charge in [0, 0.05) is 30.1 Å². The molecule has 0 unspecified atom stereocenters. The summed E-state index contributed by atoms with van der Waals surface area (Å²) in [5.74, 6) is 1.94. The van der Waals surface area contributed by atoms with Crippen LogP contribution < -0.4 is 20.1 Å². The largest absolute Gasteiger partial charge is 0.495 e. The van der Waals surface area contributed by atoms with Gasteiger partial charge in [0.1, 0.15) is 16.5 Å². The number of aromatic nitrogens is 2. The lowest BCUT2D eigenvalue weighted by Crippen LogP contribution is -2.34. The van der Waals surface area contributed by atoms with Crippen molar-refractivity contribution in [2.45, 2.75) is 23.8 Å². The number of nitrogens with zero attached hydrogens (tertiary/aromatic N) is 3. The lowest BCUT2D eigenvalue weighted by atomic mass is 10.1. The van der Waals surface area contributed by atoms with Gasteiger partial charge in [0.05, 0.1) is 12.6 Å². The van der Waals surface area contributed by atoms with Crippen LogP contribution in [0.15, 0.2) is 77.7 Å². The van der Waals surface area contributed by atoms with E-state index in [1.807, 2.05) is 54.6 Å². The van der Waals surface area contributed by atoms with E-state index in [1.54, 1.807) is 12.1 Å². The molecular weight excluding hydrogens is 474 g/mol. The molecule has 0 spiro atoms. The van der Waals surface area contributed by atoms with Crippen LogP contribution in [0.25, 0.3) is 22.3 Å². The number of methoxy groups -OCH3 is 1. The number of nitrogens with one attached hydrogen (secondary N) is 1. The van der Waals surface area contributed by atoms with Gasteiger partial charge >= 0.3 is 0 Å². The van der Waals surface area contributed by atoms with Crippen LogP contribution >= 0.6 is 0 Å². The second-order valence-corrected chi connectivity index (χ2v) is 10.4. The maximum Gasteiger partial charge on any atom is 0.241 e. The molecule has 5 rings (SSSR count). The number of fused-ring (bicyclic) bond motifs is 1. The molecule has 0 bridgehead atoms. The number of primary sulfonamides is 1. The number of hydrogen-bond donors (Lipinski definition) is 2. The Morgan fingerprint density at radius 1 is 1.06 bits per heavy atom. The van der Waals surface area contributed by atoms with Gasteiger partial charge in [-0.2, -0.15) is 0 Å². The molecular formula is C27H29N5O3S. The minimum atomic E-state index is -3.85. The van der Waals surface area contributed by atoms with Crippen molar-refractivity contribution in [3.8, 4) is 17.1 Å². The molecule has 0 saturated carbocycles. The summed E-state index contributed by atoms with van der Waals surface area (Å²) in [6, 6.07) is 23.6. The quantitative estimate of drug-likeness (QED) is 0.379. The van der Waals surface area contributed by atoms with Crippen LogP contribution in [0.2, 0.25) is 0 Å². The van der Waals surface area contributed by atoms with E-state index in [9.17, 15) is 8.42 Å². The van der Waals surface area contributed by atoms with Crippen molar-refractivity contribution in [2.75, 3.05) is 31.6 Å². The first kappa shape index (κ1) is 24.2. The summed E-state index contributed by atoms with van der Waals surface area (Å²) < 4.78 is 28.9. The molecule has 3 N–H and O–H groups in total. The number of nitrogens with two attached hydrogens (primary N) is 1. The van der Waals surface area contributed by atoms with Gasteiger partial charge in [0.2, 0.25) is 10.0 Å². The summed E-state index contributed by atoms with van der Waals surface area (Å²) in [4.78, 5) is 12.1. The molecule has 2 heterocycles. The SMILES string of the molecule is COc1ccc(CCN[C@H]2CCN(c3nc(-c4ccccc4)nc4ccccc34)C2)cc1S(N)(=O)=O. The molecule has 1 saturated heterocycles. The van der Waals surface area contributed by atoms with E-state index < -0.39 is 10.0 Å². The Kier molecular flexibility index (Phi) is 6.86. The minimum absolute atomic E-state index is 0.0133. The fourth-order valence-corrected chi connectivity index (χ4v) is 5.40. The van der Waals surface area contributed by atoms with Crippen LogP contribution in [0.1, 0.15) is 12.0 Å². The van der Waals surface area contributed by atoms with Crippen molar-refractivity contribution in [1.29, 1.82) is 0 Å². The standard InChI is InChI=1S/C27H29N5O3S/c1-35-24-12-11-19(17-25(24)36(28,33)34)13-15-29-21-14-16-32(18-21)27-22-9-5-6-10-23(22)30-26(31-27)20-7-3-2-4-8-20/h2-12,17,21,29H,13-16,18H2,1H3,(H2,28,33,34)/t21-/m0/s1. The summed E-state index contributed by atoms with van der Waals surface area (Å²) in [7, 11) is -2.42. The van der Waals surface area contributed by atoms with E-state index in [0.29, 0.717) is 19.0 Å². The summed E-state index contributed by atoms with van der Waals surface area (Å²) in [5.41, 5.74) is 2.82. The van der Waals surface area contributed by atoms with Gasteiger partial charge in [-0.1, -0.05) is 48.5 Å². The maximum atomic E-state index is 11.9. The van der Waals surface area contributed by atoms with Crippen molar-refractivity contribution in [3.05, 3.63) is 78.4 Å². The zero-order chi connectivity index (χ0) is 25.1. The molecule has 36 heavy (non-hydrogen) atoms. The second kappa shape index (κ2) is 10.2. The molecule has 8 nitrogen and oxygen atoms in total. The monoisotopic (exact) mass is 503 g/mol. The molecule has 1 aromatic heterocycles. The van der Waals surface area contributed by atoms with Crippen molar-refractivity contribution in [3.63, 3.8) is 0 Å². The van der Waals surface area contributed by atoms with Crippen LogP contribution in [0.3, 0.4) is 0 Å². The predicted octanol–water partition coefficient (Wildman–Crippen LogP) is 3.36. The lowest BCUT2D eigenvalue weighted by molar-refractivity contribution is 0.402. The Balaban J connectivity index is 1.29.